The van der Waals surface area contributed by atoms with Gasteiger partial charge < -0.3 is 0 Å². The lowest BCUT2D eigenvalue weighted by Gasteiger charge is -2.30. The number of nitro groups is 1. The van der Waals surface area contributed by atoms with Gasteiger partial charge in [0.2, 0.25) is 0 Å². The second-order valence-electron chi connectivity index (χ2n) is 8.67. The lowest BCUT2D eigenvalue weighted by molar-refractivity contribution is -0.385. The molecule has 9 nitrogen and oxygen atoms in total. The molecule has 2 fully saturated rings. The van der Waals surface area contributed by atoms with Crippen LogP contribution in [0.4, 0.5) is 5.69 Å². The first-order chi connectivity index (χ1) is 16.7. The molecule has 4 atom stereocenters. The predicted octanol–water partition coefficient (Wildman–Crippen LogP) is 3.95. The van der Waals surface area contributed by atoms with E-state index in [4.69, 9.17) is 23.2 Å². The molecule has 2 bridgehead atoms. The molecule has 35 heavy (non-hydrogen) atoms. The number of hydrazine groups is 1. The van der Waals surface area contributed by atoms with E-state index in [1.807, 2.05) is 12.2 Å². The van der Waals surface area contributed by atoms with Crippen molar-refractivity contribution in [3.05, 3.63) is 85.9 Å². The minimum absolute atomic E-state index is 0.0254. The van der Waals surface area contributed by atoms with Gasteiger partial charge in [-0.05, 0) is 42.5 Å². The number of imide groups is 1. The van der Waals surface area contributed by atoms with E-state index in [2.05, 4.69) is 0 Å². The van der Waals surface area contributed by atoms with Crippen LogP contribution in [0.1, 0.15) is 27.1 Å². The largest absolute Gasteiger partial charge is 0.292 e. The highest BCUT2D eigenvalue weighted by Crippen LogP contribution is 2.52. The number of hydrogen-bond donors (Lipinski definition) is 0. The van der Waals surface area contributed by atoms with Crippen LogP contribution in [0.2, 0.25) is 10.0 Å². The summed E-state index contributed by atoms with van der Waals surface area (Å²) < 4.78 is 0. The van der Waals surface area contributed by atoms with Gasteiger partial charge in [-0.2, -0.15) is 5.01 Å². The van der Waals surface area contributed by atoms with E-state index in [0.29, 0.717) is 21.5 Å². The van der Waals surface area contributed by atoms with Crippen molar-refractivity contribution >= 4 is 52.4 Å². The van der Waals surface area contributed by atoms with Crippen LogP contribution in [-0.2, 0) is 9.59 Å². The zero-order valence-electron chi connectivity index (χ0n) is 18.0. The quantitative estimate of drug-likeness (QED) is 0.189. The van der Waals surface area contributed by atoms with Crippen molar-refractivity contribution in [2.75, 3.05) is 6.54 Å². The molecule has 0 unspecified atom stereocenters. The topological polar surface area (TPSA) is 118 Å². The van der Waals surface area contributed by atoms with E-state index >= 15 is 0 Å². The van der Waals surface area contributed by atoms with Crippen LogP contribution in [0.3, 0.4) is 0 Å². The number of fused-ring (bicyclic) bond motifs is 5. The van der Waals surface area contributed by atoms with Gasteiger partial charge >= 0.3 is 0 Å². The molecular weight excluding hydrogens is 497 g/mol. The van der Waals surface area contributed by atoms with Crippen LogP contribution < -0.4 is 0 Å². The van der Waals surface area contributed by atoms with Gasteiger partial charge in [0.25, 0.3) is 23.4 Å². The molecule has 0 radical (unpaired) electrons. The summed E-state index contributed by atoms with van der Waals surface area (Å²) in [6, 6.07) is 9.31. The molecule has 5 rings (SSSR count). The monoisotopic (exact) mass is 513 g/mol. The number of carbonyl (C=O) groups is 4. The molecule has 1 aliphatic heterocycles. The van der Waals surface area contributed by atoms with Crippen LogP contribution in [0.5, 0.6) is 0 Å². The fourth-order valence-electron chi connectivity index (χ4n) is 5.25. The molecule has 2 aromatic carbocycles. The van der Waals surface area contributed by atoms with Crippen LogP contribution in [0, 0.1) is 33.8 Å². The van der Waals surface area contributed by atoms with Gasteiger partial charge in [0.15, 0.2) is 5.78 Å². The Morgan fingerprint density at radius 3 is 2.23 bits per heavy atom. The first-order valence-electron chi connectivity index (χ1n) is 10.8. The highest BCUT2D eigenvalue weighted by atomic mass is 35.5. The smallest absolute Gasteiger partial charge is 0.282 e. The number of allylic oxidation sites excluding steroid dienone is 2. The van der Waals surface area contributed by atoms with Gasteiger partial charge in [-0.3, -0.25) is 29.3 Å². The molecule has 2 aromatic rings. The number of rotatable bonds is 6. The van der Waals surface area contributed by atoms with Crippen LogP contribution in [0.25, 0.3) is 0 Å². The van der Waals surface area contributed by atoms with Crippen molar-refractivity contribution in [2.45, 2.75) is 6.42 Å². The molecular formula is C24H17Cl2N3O6. The van der Waals surface area contributed by atoms with Crippen molar-refractivity contribution in [3.63, 3.8) is 0 Å². The van der Waals surface area contributed by atoms with Crippen molar-refractivity contribution in [1.29, 1.82) is 0 Å². The van der Waals surface area contributed by atoms with Crippen molar-refractivity contribution in [1.82, 2.24) is 10.0 Å². The number of nitro benzene ring substituents is 1. The number of ketones is 1. The Balaban J connectivity index is 1.55. The molecule has 3 amide bonds. The third-order valence-corrected chi connectivity index (χ3v) is 7.33. The maximum absolute atomic E-state index is 13.6. The zero-order chi connectivity index (χ0) is 25.0. The molecule has 1 saturated heterocycles. The first-order valence-corrected chi connectivity index (χ1v) is 11.5. The summed E-state index contributed by atoms with van der Waals surface area (Å²) in [7, 11) is 0. The van der Waals surface area contributed by atoms with Gasteiger partial charge in [-0.1, -0.05) is 47.5 Å². The number of halogens is 2. The number of Topliss-reactive ketones (excluding diaryl/α,β-unsaturated/α-hetero) is 1. The van der Waals surface area contributed by atoms with E-state index in [9.17, 15) is 29.3 Å². The second-order valence-corrected chi connectivity index (χ2v) is 9.52. The third-order valence-electron chi connectivity index (χ3n) is 6.78. The summed E-state index contributed by atoms with van der Waals surface area (Å²) in [5.41, 5.74) is -0.843. The van der Waals surface area contributed by atoms with Crippen LogP contribution in [0.15, 0.2) is 54.6 Å². The summed E-state index contributed by atoms with van der Waals surface area (Å²) in [6.07, 6.45) is 4.47. The number of nitrogens with zero attached hydrogens (tertiary/aromatic N) is 3. The molecule has 1 saturated carbocycles. The normalized spacial score (nSPS) is 24.1. The van der Waals surface area contributed by atoms with Crippen molar-refractivity contribution in [2.24, 2.45) is 23.7 Å². The molecule has 0 spiro atoms. The van der Waals surface area contributed by atoms with Gasteiger partial charge in [0.1, 0.15) is 12.1 Å². The lowest BCUT2D eigenvalue weighted by atomic mass is 9.85. The van der Waals surface area contributed by atoms with Crippen molar-refractivity contribution < 1.29 is 24.1 Å². The molecule has 1 heterocycles. The fourth-order valence-corrected chi connectivity index (χ4v) is 5.76. The van der Waals surface area contributed by atoms with E-state index in [-0.39, 0.29) is 28.0 Å². The molecule has 11 heteroatoms. The Labute approximate surface area is 209 Å². The molecule has 3 aliphatic rings. The maximum Gasteiger partial charge on any atom is 0.282 e. The van der Waals surface area contributed by atoms with Gasteiger partial charge in [-0.25, -0.2) is 5.01 Å². The maximum atomic E-state index is 13.6. The van der Waals surface area contributed by atoms with Crippen molar-refractivity contribution in [3.8, 4) is 0 Å². The van der Waals surface area contributed by atoms with E-state index in [1.54, 1.807) is 0 Å². The number of para-hydroxylation sites is 1. The van der Waals surface area contributed by atoms with Gasteiger partial charge in [0.05, 0.1) is 21.8 Å². The number of benzene rings is 2. The summed E-state index contributed by atoms with van der Waals surface area (Å²) in [6.45, 7) is -0.730. The number of carbonyl (C=O) groups excluding carboxylic acids is 4. The Morgan fingerprint density at radius 2 is 1.63 bits per heavy atom. The lowest BCUT2D eigenvalue weighted by Crippen LogP contribution is -2.52. The minimum Gasteiger partial charge on any atom is -0.292 e. The van der Waals surface area contributed by atoms with Gasteiger partial charge in [0, 0.05) is 16.7 Å². The van der Waals surface area contributed by atoms with E-state index < -0.39 is 52.5 Å². The Kier molecular flexibility index (Phi) is 5.69. The van der Waals surface area contributed by atoms with Crippen LogP contribution >= 0.6 is 23.2 Å². The summed E-state index contributed by atoms with van der Waals surface area (Å²) in [5.74, 6) is -4.40. The molecule has 178 valence electrons. The minimum atomic E-state index is -1.02. The summed E-state index contributed by atoms with van der Waals surface area (Å²) >= 11 is 12.1. The number of amides is 3. The fraction of sp³-hybridized carbons (Fsp3) is 0.250. The highest BCUT2D eigenvalue weighted by Gasteiger charge is 2.61. The molecule has 2 aliphatic carbocycles. The molecule has 0 aromatic heterocycles. The molecule has 0 N–H and O–H groups in total. The van der Waals surface area contributed by atoms with Crippen LogP contribution in [-0.4, -0.2) is 45.0 Å². The Morgan fingerprint density at radius 1 is 1.00 bits per heavy atom. The standard InChI is InChI=1S/C24H17Cl2N3O6/c25-14-7-8-15(17(26)10-14)19(30)11-27(22(31)16-3-1-2-4-18(16)29(34)35)28-23(32)20-12-5-6-13(9-12)21(20)24(28)33/h1-8,10,12-13,20-21H,9,11H2/t12-,13-,20-,21-/m0/s1. The second kappa shape index (κ2) is 8.58. The highest BCUT2D eigenvalue weighted by molar-refractivity contribution is 6.37. The average molecular weight is 514 g/mol. The zero-order valence-corrected chi connectivity index (χ0v) is 19.5. The first kappa shape index (κ1) is 23.2. The summed E-state index contributed by atoms with van der Waals surface area (Å²) in [5, 5.41) is 13.3. The predicted molar refractivity (Wildman–Crippen MR) is 124 cm³/mol. The number of hydrogen-bond acceptors (Lipinski definition) is 6. The SMILES string of the molecule is O=C(CN(C(=O)c1ccccc1[N+](=O)[O-])N1C(=O)[C@@H]2[C@@H](C1=O)[C@H]1C=C[C@H]2C1)c1ccc(Cl)cc1Cl. The Bertz CT molecular complexity index is 1310. The van der Waals surface area contributed by atoms with E-state index in [0.717, 1.165) is 6.07 Å². The van der Waals surface area contributed by atoms with Gasteiger partial charge in [-0.15, -0.1) is 0 Å². The Hall–Kier alpha value is -3.56. The summed E-state index contributed by atoms with van der Waals surface area (Å²) in [4.78, 5) is 64.4. The average Bonchev–Trinajstić information content (AvgIpc) is 3.51. The third kappa shape index (κ3) is 3.71. The van der Waals surface area contributed by atoms with E-state index in [1.165, 1.54) is 36.4 Å².